The summed E-state index contributed by atoms with van der Waals surface area (Å²) in [6.07, 6.45) is 1.000. The summed E-state index contributed by atoms with van der Waals surface area (Å²) < 4.78 is 11.6. The second-order valence-electron chi connectivity index (χ2n) is 3.40. The third kappa shape index (κ3) is 6.10. The standard InChI is InChI=1S/C12H18BrNO2/c1-15-10-8-14-7-2-9-16-12-5-3-11(13)4-6-12/h3-6,14H,2,7-10H2,1H3. The Bertz CT molecular complexity index is 277. The molecule has 0 fully saturated rings. The lowest BCUT2D eigenvalue weighted by Gasteiger charge is -2.07. The predicted molar refractivity (Wildman–Crippen MR) is 69.0 cm³/mol. The fraction of sp³-hybridized carbons (Fsp3) is 0.500. The van der Waals surface area contributed by atoms with Gasteiger partial charge in [0.15, 0.2) is 0 Å². The van der Waals surface area contributed by atoms with Gasteiger partial charge in [0, 0.05) is 18.1 Å². The molecule has 0 radical (unpaired) electrons. The Morgan fingerprint density at radius 3 is 2.56 bits per heavy atom. The summed E-state index contributed by atoms with van der Waals surface area (Å²) in [7, 11) is 1.71. The fourth-order valence-corrected chi connectivity index (χ4v) is 1.48. The van der Waals surface area contributed by atoms with E-state index in [1.54, 1.807) is 7.11 Å². The third-order valence-corrected chi connectivity index (χ3v) is 2.59. The molecule has 16 heavy (non-hydrogen) atoms. The molecule has 0 aliphatic rings. The summed E-state index contributed by atoms with van der Waals surface area (Å²) in [6, 6.07) is 7.88. The summed E-state index contributed by atoms with van der Waals surface area (Å²) in [5.74, 6) is 0.917. The van der Waals surface area contributed by atoms with Crippen LogP contribution in [0.3, 0.4) is 0 Å². The molecule has 90 valence electrons. The first-order valence-electron chi connectivity index (χ1n) is 5.41. The van der Waals surface area contributed by atoms with Crippen molar-refractivity contribution in [3.8, 4) is 5.75 Å². The number of benzene rings is 1. The van der Waals surface area contributed by atoms with Crippen LogP contribution >= 0.6 is 15.9 Å². The van der Waals surface area contributed by atoms with Crippen molar-refractivity contribution in [1.29, 1.82) is 0 Å². The third-order valence-electron chi connectivity index (χ3n) is 2.06. The van der Waals surface area contributed by atoms with Crippen molar-refractivity contribution < 1.29 is 9.47 Å². The minimum atomic E-state index is 0.738. The molecule has 0 amide bonds. The van der Waals surface area contributed by atoms with Crippen LogP contribution in [0.4, 0.5) is 0 Å². The highest BCUT2D eigenvalue weighted by Gasteiger charge is 1.93. The van der Waals surface area contributed by atoms with Crippen molar-refractivity contribution >= 4 is 15.9 Å². The second kappa shape index (κ2) is 8.56. The highest BCUT2D eigenvalue weighted by molar-refractivity contribution is 9.10. The Morgan fingerprint density at radius 1 is 1.12 bits per heavy atom. The van der Waals surface area contributed by atoms with Crippen molar-refractivity contribution in [1.82, 2.24) is 5.32 Å². The van der Waals surface area contributed by atoms with Crippen molar-refractivity contribution in [3.63, 3.8) is 0 Å². The molecule has 1 N–H and O–H groups in total. The number of ether oxygens (including phenoxy) is 2. The van der Waals surface area contributed by atoms with Crippen LogP contribution in [0.25, 0.3) is 0 Å². The van der Waals surface area contributed by atoms with Gasteiger partial charge >= 0.3 is 0 Å². The lowest BCUT2D eigenvalue weighted by atomic mass is 10.3. The fourth-order valence-electron chi connectivity index (χ4n) is 1.22. The topological polar surface area (TPSA) is 30.5 Å². The van der Waals surface area contributed by atoms with E-state index in [9.17, 15) is 0 Å². The first-order chi connectivity index (χ1) is 7.83. The van der Waals surface area contributed by atoms with Crippen molar-refractivity contribution in [2.75, 3.05) is 33.4 Å². The Balaban J connectivity index is 2.01. The molecule has 1 aromatic rings. The summed E-state index contributed by atoms with van der Waals surface area (Å²) in [6.45, 7) is 3.35. The molecule has 0 heterocycles. The maximum atomic E-state index is 5.58. The van der Waals surface area contributed by atoms with Gasteiger partial charge < -0.3 is 14.8 Å². The lowest BCUT2D eigenvalue weighted by molar-refractivity contribution is 0.198. The van der Waals surface area contributed by atoms with E-state index in [0.29, 0.717) is 0 Å². The highest BCUT2D eigenvalue weighted by Crippen LogP contribution is 2.15. The molecule has 1 aromatic carbocycles. The SMILES string of the molecule is COCCNCCCOc1ccc(Br)cc1. The molecule has 0 bridgehead atoms. The quantitative estimate of drug-likeness (QED) is 0.745. The number of halogens is 1. The largest absolute Gasteiger partial charge is 0.494 e. The van der Waals surface area contributed by atoms with E-state index >= 15 is 0 Å². The molecule has 0 saturated heterocycles. The second-order valence-corrected chi connectivity index (χ2v) is 4.31. The van der Waals surface area contributed by atoms with Crippen LogP contribution < -0.4 is 10.1 Å². The Kier molecular flexibility index (Phi) is 7.21. The first kappa shape index (κ1) is 13.5. The van der Waals surface area contributed by atoms with E-state index < -0.39 is 0 Å². The number of nitrogens with one attached hydrogen (secondary N) is 1. The van der Waals surface area contributed by atoms with Gasteiger partial charge in [-0.05, 0) is 37.2 Å². The number of hydrogen-bond donors (Lipinski definition) is 1. The molecular weight excluding hydrogens is 270 g/mol. The predicted octanol–water partition coefficient (Wildman–Crippen LogP) is 2.45. The smallest absolute Gasteiger partial charge is 0.119 e. The molecule has 0 spiro atoms. The monoisotopic (exact) mass is 287 g/mol. The highest BCUT2D eigenvalue weighted by atomic mass is 79.9. The first-order valence-corrected chi connectivity index (χ1v) is 6.20. The van der Waals surface area contributed by atoms with E-state index in [4.69, 9.17) is 9.47 Å². The van der Waals surface area contributed by atoms with Gasteiger partial charge in [-0.25, -0.2) is 0 Å². The van der Waals surface area contributed by atoms with Gasteiger partial charge in [-0.1, -0.05) is 15.9 Å². The Hall–Kier alpha value is -0.580. The van der Waals surface area contributed by atoms with Gasteiger partial charge in [0.05, 0.1) is 13.2 Å². The van der Waals surface area contributed by atoms with Crippen LogP contribution in [0.1, 0.15) is 6.42 Å². The van der Waals surface area contributed by atoms with E-state index in [-0.39, 0.29) is 0 Å². The van der Waals surface area contributed by atoms with E-state index in [0.717, 1.165) is 42.9 Å². The van der Waals surface area contributed by atoms with Crippen LogP contribution in [-0.4, -0.2) is 33.4 Å². The van der Waals surface area contributed by atoms with Crippen LogP contribution in [-0.2, 0) is 4.74 Å². The molecule has 4 heteroatoms. The molecule has 0 aliphatic carbocycles. The minimum absolute atomic E-state index is 0.738. The molecule has 0 atom stereocenters. The van der Waals surface area contributed by atoms with E-state index in [1.807, 2.05) is 24.3 Å². The van der Waals surface area contributed by atoms with Gasteiger partial charge in [0.2, 0.25) is 0 Å². The van der Waals surface area contributed by atoms with Gasteiger partial charge in [-0.3, -0.25) is 0 Å². The van der Waals surface area contributed by atoms with E-state index in [1.165, 1.54) is 0 Å². The average Bonchev–Trinajstić information content (AvgIpc) is 2.30. The van der Waals surface area contributed by atoms with Gasteiger partial charge in [-0.2, -0.15) is 0 Å². The van der Waals surface area contributed by atoms with Crippen molar-refractivity contribution in [2.45, 2.75) is 6.42 Å². The zero-order valence-electron chi connectivity index (χ0n) is 9.54. The minimum Gasteiger partial charge on any atom is -0.494 e. The molecular formula is C12H18BrNO2. The lowest BCUT2D eigenvalue weighted by Crippen LogP contribution is -2.21. The normalized spacial score (nSPS) is 10.4. The summed E-state index contributed by atoms with van der Waals surface area (Å²) in [5.41, 5.74) is 0. The summed E-state index contributed by atoms with van der Waals surface area (Å²) in [5, 5.41) is 3.27. The van der Waals surface area contributed by atoms with Crippen LogP contribution in [0, 0.1) is 0 Å². The van der Waals surface area contributed by atoms with Crippen LogP contribution in [0.5, 0.6) is 5.75 Å². The Morgan fingerprint density at radius 2 is 1.88 bits per heavy atom. The molecule has 0 unspecified atom stereocenters. The molecule has 0 aromatic heterocycles. The molecule has 1 rings (SSSR count). The maximum Gasteiger partial charge on any atom is 0.119 e. The number of methoxy groups -OCH3 is 1. The zero-order chi connectivity index (χ0) is 11.6. The van der Waals surface area contributed by atoms with Gasteiger partial charge in [0.1, 0.15) is 5.75 Å². The molecule has 3 nitrogen and oxygen atoms in total. The van der Waals surface area contributed by atoms with E-state index in [2.05, 4.69) is 21.2 Å². The summed E-state index contributed by atoms with van der Waals surface area (Å²) in [4.78, 5) is 0. The van der Waals surface area contributed by atoms with Crippen LogP contribution in [0.15, 0.2) is 28.7 Å². The molecule has 0 saturated carbocycles. The Labute approximate surface area is 105 Å². The van der Waals surface area contributed by atoms with Gasteiger partial charge in [0.25, 0.3) is 0 Å². The van der Waals surface area contributed by atoms with Crippen LogP contribution in [0.2, 0.25) is 0 Å². The summed E-state index contributed by atoms with van der Waals surface area (Å²) >= 11 is 3.39. The van der Waals surface area contributed by atoms with Crippen molar-refractivity contribution in [2.24, 2.45) is 0 Å². The van der Waals surface area contributed by atoms with Crippen molar-refractivity contribution in [3.05, 3.63) is 28.7 Å². The molecule has 0 aliphatic heterocycles. The average molecular weight is 288 g/mol. The zero-order valence-corrected chi connectivity index (χ0v) is 11.1. The van der Waals surface area contributed by atoms with Gasteiger partial charge in [-0.15, -0.1) is 0 Å². The number of rotatable bonds is 8. The maximum absolute atomic E-state index is 5.58. The number of hydrogen-bond acceptors (Lipinski definition) is 3.